The number of ether oxygens (including phenoxy) is 1. The van der Waals surface area contributed by atoms with E-state index >= 15 is 0 Å². The molecule has 0 amide bonds. The molecule has 142 valence electrons. The maximum absolute atomic E-state index is 13.6. The van der Waals surface area contributed by atoms with E-state index in [1.54, 1.807) is 43.3 Å². The molecule has 1 aliphatic heterocycles. The van der Waals surface area contributed by atoms with E-state index in [9.17, 15) is 13.2 Å². The van der Waals surface area contributed by atoms with Gasteiger partial charge in [-0.1, -0.05) is 60.7 Å². The number of rotatable bonds is 3. The van der Waals surface area contributed by atoms with E-state index in [0.717, 1.165) is 11.1 Å². The first kappa shape index (κ1) is 18.4. The van der Waals surface area contributed by atoms with Crippen molar-refractivity contribution in [2.45, 2.75) is 29.9 Å². The summed E-state index contributed by atoms with van der Waals surface area (Å²) in [5.74, 6) is -0.963. The number of carbonyl (C=O) groups excluding carboxylic acids is 1. The Morgan fingerprint density at radius 3 is 2.00 bits per heavy atom. The molecule has 0 spiro atoms. The highest BCUT2D eigenvalue weighted by Crippen LogP contribution is 2.44. The fourth-order valence-corrected chi connectivity index (χ4v) is 5.89. The lowest BCUT2D eigenvalue weighted by Crippen LogP contribution is -2.43. The topological polar surface area (TPSA) is 60.4 Å². The zero-order valence-corrected chi connectivity index (χ0v) is 16.4. The van der Waals surface area contributed by atoms with Crippen molar-refractivity contribution in [1.82, 2.24) is 0 Å². The van der Waals surface area contributed by atoms with Crippen molar-refractivity contribution >= 4 is 15.8 Å². The van der Waals surface area contributed by atoms with Crippen LogP contribution in [0.4, 0.5) is 0 Å². The molecule has 1 heterocycles. The van der Waals surface area contributed by atoms with Gasteiger partial charge in [0, 0.05) is 11.5 Å². The molecule has 0 N–H and O–H groups in total. The van der Waals surface area contributed by atoms with Gasteiger partial charge in [-0.05, 0) is 42.7 Å². The maximum atomic E-state index is 13.6. The molecule has 0 aromatic heterocycles. The second-order valence-electron chi connectivity index (χ2n) is 7.02. The summed E-state index contributed by atoms with van der Waals surface area (Å²) in [4.78, 5) is 13.1. The van der Waals surface area contributed by atoms with E-state index in [-0.39, 0.29) is 4.90 Å². The summed E-state index contributed by atoms with van der Waals surface area (Å²) in [6.07, 6.45) is 0. The van der Waals surface area contributed by atoms with Gasteiger partial charge in [0.25, 0.3) is 0 Å². The number of hydrogen-bond donors (Lipinski definition) is 0. The molecule has 28 heavy (non-hydrogen) atoms. The lowest BCUT2D eigenvalue weighted by atomic mass is 9.84. The normalized spacial score (nSPS) is 19.0. The fourth-order valence-electron chi connectivity index (χ4n) is 3.88. The Balaban J connectivity index is 1.99. The quantitative estimate of drug-likeness (QED) is 0.495. The molecule has 5 heteroatoms. The van der Waals surface area contributed by atoms with Gasteiger partial charge in [-0.15, -0.1) is 0 Å². The van der Waals surface area contributed by atoms with Crippen LogP contribution in [-0.2, 0) is 14.6 Å². The van der Waals surface area contributed by atoms with Crippen LogP contribution in [0.2, 0.25) is 0 Å². The molecule has 1 aliphatic rings. The predicted octanol–water partition coefficient (Wildman–Crippen LogP) is 4.20. The number of hydrogen-bond acceptors (Lipinski definition) is 4. The summed E-state index contributed by atoms with van der Waals surface area (Å²) in [5.41, 5.74) is 3.06. The van der Waals surface area contributed by atoms with Crippen molar-refractivity contribution in [3.63, 3.8) is 0 Å². The molecule has 3 aromatic carbocycles. The smallest absolute Gasteiger partial charge is 0.331 e. The van der Waals surface area contributed by atoms with Gasteiger partial charge < -0.3 is 4.74 Å². The number of esters is 1. The Hall–Kier alpha value is -2.92. The van der Waals surface area contributed by atoms with Crippen molar-refractivity contribution < 1.29 is 17.9 Å². The number of sulfone groups is 1. The van der Waals surface area contributed by atoms with Gasteiger partial charge in [0.15, 0.2) is 15.1 Å². The summed E-state index contributed by atoms with van der Waals surface area (Å²) >= 11 is 0. The SMILES string of the molecule is Cc1ccccc1C1c2ccccc2OC(=O)C1S(=O)(=O)c1ccccc1C. The van der Waals surface area contributed by atoms with E-state index in [4.69, 9.17) is 4.74 Å². The lowest BCUT2D eigenvalue weighted by Gasteiger charge is -2.33. The van der Waals surface area contributed by atoms with E-state index in [0.29, 0.717) is 16.9 Å². The molecule has 4 rings (SSSR count). The van der Waals surface area contributed by atoms with Gasteiger partial charge in [-0.2, -0.15) is 0 Å². The van der Waals surface area contributed by atoms with Gasteiger partial charge in [0.2, 0.25) is 0 Å². The van der Waals surface area contributed by atoms with Gasteiger partial charge >= 0.3 is 5.97 Å². The Kier molecular flexibility index (Phi) is 4.55. The van der Waals surface area contributed by atoms with Crippen molar-refractivity contribution in [3.05, 3.63) is 95.1 Å². The monoisotopic (exact) mass is 392 g/mol. The van der Waals surface area contributed by atoms with Crippen LogP contribution in [0.1, 0.15) is 28.2 Å². The highest BCUT2D eigenvalue weighted by Gasteiger charge is 2.48. The van der Waals surface area contributed by atoms with Gasteiger partial charge in [-0.25, -0.2) is 8.42 Å². The van der Waals surface area contributed by atoms with Crippen molar-refractivity contribution in [1.29, 1.82) is 0 Å². The average molecular weight is 392 g/mol. The molecule has 0 aliphatic carbocycles. The number of benzene rings is 3. The molecule has 0 fully saturated rings. The van der Waals surface area contributed by atoms with E-state index in [1.165, 1.54) is 0 Å². The van der Waals surface area contributed by atoms with Crippen molar-refractivity contribution in [2.24, 2.45) is 0 Å². The summed E-state index contributed by atoms with van der Waals surface area (Å²) < 4.78 is 32.7. The Morgan fingerprint density at radius 1 is 0.750 bits per heavy atom. The zero-order valence-electron chi connectivity index (χ0n) is 15.6. The van der Waals surface area contributed by atoms with Gasteiger partial charge in [0.1, 0.15) is 5.75 Å². The van der Waals surface area contributed by atoms with E-state index < -0.39 is 27.0 Å². The van der Waals surface area contributed by atoms with Crippen LogP contribution in [0.5, 0.6) is 5.75 Å². The molecule has 4 nitrogen and oxygen atoms in total. The predicted molar refractivity (Wildman–Crippen MR) is 107 cm³/mol. The van der Waals surface area contributed by atoms with Crippen molar-refractivity contribution in [2.75, 3.05) is 0 Å². The lowest BCUT2D eigenvalue weighted by molar-refractivity contribution is -0.135. The van der Waals surface area contributed by atoms with Crippen LogP contribution in [-0.4, -0.2) is 19.6 Å². The standard InChI is InChI=1S/C23H20O4S/c1-15-9-3-5-11-17(15)21-18-12-6-7-13-19(18)27-23(24)22(21)28(25,26)20-14-8-4-10-16(20)2/h3-14,21-22H,1-2H3. The molecule has 3 aromatic rings. The van der Waals surface area contributed by atoms with Crippen molar-refractivity contribution in [3.8, 4) is 5.75 Å². The van der Waals surface area contributed by atoms with Gasteiger partial charge in [0.05, 0.1) is 4.90 Å². The third-order valence-electron chi connectivity index (χ3n) is 5.26. The first-order valence-corrected chi connectivity index (χ1v) is 10.6. The minimum absolute atomic E-state index is 0.162. The minimum atomic E-state index is -3.97. The first-order chi connectivity index (χ1) is 13.4. The fraction of sp³-hybridized carbons (Fsp3) is 0.174. The highest BCUT2D eigenvalue weighted by molar-refractivity contribution is 7.93. The highest BCUT2D eigenvalue weighted by atomic mass is 32.2. The summed E-state index contributed by atoms with van der Waals surface area (Å²) in [5, 5.41) is -1.34. The molecule has 2 atom stereocenters. The minimum Gasteiger partial charge on any atom is -0.425 e. The third-order valence-corrected chi connectivity index (χ3v) is 7.46. The molecular weight excluding hydrogens is 372 g/mol. The molecule has 0 saturated heterocycles. The molecule has 2 unspecified atom stereocenters. The summed E-state index contributed by atoms with van der Waals surface area (Å²) in [6, 6.07) is 21.5. The van der Waals surface area contributed by atoms with E-state index in [1.807, 2.05) is 43.3 Å². The van der Waals surface area contributed by atoms with Crippen LogP contribution >= 0.6 is 0 Å². The second-order valence-corrected chi connectivity index (χ2v) is 9.06. The van der Waals surface area contributed by atoms with Crippen LogP contribution in [0.25, 0.3) is 0 Å². The van der Waals surface area contributed by atoms with Gasteiger partial charge in [-0.3, -0.25) is 4.79 Å². The summed E-state index contributed by atoms with van der Waals surface area (Å²) in [6.45, 7) is 3.66. The Bertz CT molecular complexity index is 1160. The Morgan fingerprint density at radius 2 is 1.32 bits per heavy atom. The van der Waals surface area contributed by atoms with Crippen LogP contribution in [0.15, 0.2) is 77.7 Å². The number of aryl methyl sites for hydroxylation is 2. The molecule has 0 bridgehead atoms. The second kappa shape index (κ2) is 6.91. The van der Waals surface area contributed by atoms with Crippen LogP contribution in [0, 0.1) is 13.8 Å². The average Bonchev–Trinajstić information content (AvgIpc) is 2.67. The van der Waals surface area contributed by atoms with Crippen LogP contribution < -0.4 is 4.74 Å². The molecule has 0 radical (unpaired) electrons. The third kappa shape index (κ3) is 2.92. The Labute approximate surface area is 164 Å². The first-order valence-electron chi connectivity index (χ1n) is 9.07. The maximum Gasteiger partial charge on any atom is 0.331 e. The van der Waals surface area contributed by atoms with Crippen LogP contribution in [0.3, 0.4) is 0 Å². The number of para-hydroxylation sites is 1. The largest absolute Gasteiger partial charge is 0.425 e. The molecular formula is C23H20O4S. The zero-order chi connectivity index (χ0) is 19.9. The number of carbonyl (C=O) groups is 1. The van der Waals surface area contributed by atoms with E-state index in [2.05, 4.69) is 0 Å². The molecule has 0 saturated carbocycles. The number of fused-ring (bicyclic) bond motifs is 1. The summed E-state index contributed by atoms with van der Waals surface area (Å²) in [7, 11) is -3.97.